The van der Waals surface area contributed by atoms with Crippen molar-refractivity contribution in [2.45, 2.75) is 6.92 Å². The van der Waals surface area contributed by atoms with Gasteiger partial charge < -0.3 is 5.32 Å². The van der Waals surface area contributed by atoms with Gasteiger partial charge in [-0.3, -0.25) is 24.2 Å². The number of carbonyl (C=O) groups is 3. The van der Waals surface area contributed by atoms with Crippen molar-refractivity contribution in [3.8, 4) is 0 Å². The van der Waals surface area contributed by atoms with E-state index >= 15 is 0 Å². The van der Waals surface area contributed by atoms with Gasteiger partial charge in [0.15, 0.2) is 0 Å². The molecule has 3 amide bonds. The van der Waals surface area contributed by atoms with Gasteiger partial charge in [0, 0.05) is 11.8 Å². The SMILES string of the molecule is Cc1cc(=O)[nH]c(NCC(=O)N2C(=O)S/C(=C\c3ccc(F)cc3)C2=O)n1. The monoisotopic (exact) mass is 388 g/mol. The topological polar surface area (TPSA) is 112 Å². The Bertz CT molecular complexity index is 1020. The molecule has 2 heterocycles. The van der Waals surface area contributed by atoms with Gasteiger partial charge in [-0.1, -0.05) is 12.1 Å². The molecule has 0 aliphatic carbocycles. The summed E-state index contributed by atoms with van der Waals surface area (Å²) >= 11 is 0.618. The van der Waals surface area contributed by atoms with Gasteiger partial charge in [0.05, 0.1) is 11.4 Å². The zero-order valence-corrected chi connectivity index (χ0v) is 14.8. The molecule has 1 aliphatic rings. The number of thioether (sulfide) groups is 1. The second-order valence-electron chi connectivity index (χ2n) is 5.55. The number of aryl methyl sites for hydroxylation is 1. The first-order chi connectivity index (χ1) is 12.8. The van der Waals surface area contributed by atoms with Crippen LogP contribution in [0.3, 0.4) is 0 Å². The highest BCUT2D eigenvalue weighted by atomic mass is 32.2. The highest BCUT2D eigenvalue weighted by molar-refractivity contribution is 8.18. The summed E-state index contributed by atoms with van der Waals surface area (Å²) in [5.41, 5.74) is 0.571. The smallest absolute Gasteiger partial charge is 0.300 e. The molecular formula is C17H13FN4O4S. The summed E-state index contributed by atoms with van der Waals surface area (Å²) in [7, 11) is 0. The molecule has 3 rings (SSSR count). The molecule has 27 heavy (non-hydrogen) atoms. The lowest BCUT2D eigenvalue weighted by molar-refractivity contribution is -0.136. The van der Waals surface area contributed by atoms with E-state index in [1.165, 1.54) is 36.4 Å². The van der Waals surface area contributed by atoms with E-state index < -0.39 is 35.0 Å². The lowest BCUT2D eigenvalue weighted by atomic mass is 10.2. The third kappa shape index (κ3) is 4.29. The third-order valence-corrected chi connectivity index (χ3v) is 4.36. The van der Waals surface area contributed by atoms with Crippen LogP contribution in [0.25, 0.3) is 6.08 Å². The number of aromatic nitrogens is 2. The Labute approximate surface area is 156 Å². The Morgan fingerprint density at radius 2 is 2.00 bits per heavy atom. The van der Waals surface area contributed by atoms with Crippen molar-refractivity contribution in [3.05, 3.63) is 62.7 Å². The van der Waals surface area contributed by atoms with Crippen LogP contribution in [0.15, 0.2) is 40.0 Å². The van der Waals surface area contributed by atoms with Crippen LogP contribution in [0.4, 0.5) is 15.1 Å². The van der Waals surface area contributed by atoms with Crippen LogP contribution in [0.1, 0.15) is 11.3 Å². The van der Waals surface area contributed by atoms with Gasteiger partial charge in [0.25, 0.3) is 22.6 Å². The molecule has 2 N–H and O–H groups in total. The average molecular weight is 388 g/mol. The molecule has 1 saturated heterocycles. The Hall–Kier alpha value is -3.27. The quantitative estimate of drug-likeness (QED) is 0.769. The highest BCUT2D eigenvalue weighted by Crippen LogP contribution is 2.32. The number of carbonyl (C=O) groups excluding carboxylic acids is 3. The van der Waals surface area contributed by atoms with Crippen LogP contribution in [-0.2, 0) is 9.59 Å². The van der Waals surface area contributed by atoms with Crippen LogP contribution < -0.4 is 10.9 Å². The molecule has 1 aromatic carbocycles. The van der Waals surface area contributed by atoms with Crippen molar-refractivity contribution >= 4 is 40.8 Å². The van der Waals surface area contributed by atoms with Crippen molar-refractivity contribution in [2.24, 2.45) is 0 Å². The van der Waals surface area contributed by atoms with E-state index in [1.54, 1.807) is 6.92 Å². The van der Waals surface area contributed by atoms with Crippen LogP contribution in [0, 0.1) is 12.7 Å². The van der Waals surface area contributed by atoms with Gasteiger partial charge in [0.2, 0.25) is 5.95 Å². The minimum absolute atomic E-state index is 0.0574. The molecule has 0 radical (unpaired) electrons. The summed E-state index contributed by atoms with van der Waals surface area (Å²) in [6.07, 6.45) is 1.41. The van der Waals surface area contributed by atoms with Gasteiger partial charge in [0.1, 0.15) is 5.82 Å². The standard InChI is InChI=1S/C17H13FN4O4S/c1-9-6-13(23)21-16(20-9)19-8-14(24)22-15(25)12(27-17(22)26)7-10-2-4-11(18)5-3-10/h2-7H,8H2,1H3,(H2,19,20,21,23)/b12-7-. The molecule has 1 aromatic heterocycles. The zero-order valence-electron chi connectivity index (χ0n) is 14.0. The number of imide groups is 3. The van der Waals surface area contributed by atoms with Gasteiger partial charge in [-0.05, 0) is 42.5 Å². The molecule has 0 saturated carbocycles. The lowest BCUT2D eigenvalue weighted by Crippen LogP contribution is -2.39. The number of amides is 3. The fourth-order valence-electron chi connectivity index (χ4n) is 2.29. The number of nitrogens with one attached hydrogen (secondary N) is 2. The summed E-state index contributed by atoms with van der Waals surface area (Å²) in [6.45, 7) is 1.20. The predicted octanol–water partition coefficient (Wildman–Crippen LogP) is 1.89. The number of hydrogen-bond acceptors (Lipinski definition) is 7. The van der Waals surface area contributed by atoms with E-state index in [0.29, 0.717) is 27.9 Å². The van der Waals surface area contributed by atoms with E-state index in [4.69, 9.17) is 0 Å². The van der Waals surface area contributed by atoms with E-state index in [-0.39, 0.29) is 10.9 Å². The van der Waals surface area contributed by atoms with Crippen LogP contribution in [-0.4, -0.2) is 38.5 Å². The molecule has 8 nitrogen and oxygen atoms in total. The van der Waals surface area contributed by atoms with E-state index in [1.807, 2.05) is 0 Å². The molecule has 1 aliphatic heterocycles. The van der Waals surface area contributed by atoms with E-state index in [0.717, 1.165) is 0 Å². The molecular weight excluding hydrogens is 375 g/mol. The highest BCUT2D eigenvalue weighted by Gasteiger charge is 2.39. The lowest BCUT2D eigenvalue weighted by Gasteiger charge is -2.11. The zero-order chi connectivity index (χ0) is 19.6. The maximum atomic E-state index is 12.9. The first kappa shape index (κ1) is 18.5. The number of H-pyrrole nitrogens is 1. The average Bonchev–Trinajstić information content (AvgIpc) is 2.88. The molecule has 2 aromatic rings. The largest absolute Gasteiger partial charge is 0.347 e. The Balaban J connectivity index is 1.71. The number of nitrogens with zero attached hydrogens (tertiary/aromatic N) is 2. The minimum Gasteiger partial charge on any atom is -0.347 e. The fraction of sp³-hybridized carbons (Fsp3) is 0.118. The van der Waals surface area contributed by atoms with Gasteiger partial charge >= 0.3 is 0 Å². The van der Waals surface area contributed by atoms with Gasteiger partial charge in [-0.15, -0.1) is 0 Å². The molecule has 0 atom stereocenters. The van der Waals surface area contributed by atoms with E-state index in [9.17, 15) is 23.6 Å². The van der Waals surface area contributed by atoms with Crippen molar-refractivity contribution < 1.29 is 18.8 Å². The minimum atomic E-state index is -0.788. The second-order valence-corrected chi connectivity index (χ2v) is 6.54. The summed E-state index contributed by atoms with van der Waals surface area (Å²) in [6, 6.07) is 6.63. The fourth-order valence-corrected chi connectivity index (χ4v) is 3.13. The van der Waals surface area contributed by atoms with E-state index in [2.05, 4.69) is 15.3 Å². The van der Waals surface area contributed by atoms with Gasteiger partial charge in [-0.2, -0.15) is 0 Å². The van der Waals surface area contributed by atoms with Gasteiger partial charge in [-0.25, -0.2) is 14.3 Å². The third-order valence-electron chi connectivity index (χ3n) is 3.49. The molecule has 0 unspecified atom stereocenters. The van der Waals surface area contributed by atoms with Crippen LogP contribution >= 0.6 is 11.8 Å². The molecule has 138 valence electrons. The maximum absolute atomic E-state index is 12.9. The number of halogens is 1. The predicted molar refractivity (Wildman–Crippen MR) is 97.3 cm³/mol. The first-order valence-corrected chi connectivity index (χ1v) is 8.53. The van der Waals surface area contributed by atoms with Crippen molar-refractivity contribution in [1.29, 1.82) is 0 Å². The number of hydrogen-bond donors (Lipinski definition) is 2. The Morgan fingerprint density at radius 3 is 2.67 bits per heavy atom. The Morgan fingerprint density at radius 1 is 1.30 bits per heavy atom. The van der Waals surface area contributed by atoms with Crippen molar-refractivity contribution in [3.63, 3.8) is 0 Å². The molecule has 0 spiro atoms. The first-order valence-electron chi connectivity index (χ1n) is 7.71. The Kier molecular flexibility index (Phi) is 5.17. The summed E-state index contributed by atoms with van der Waals surface area (Å²) in [4.78, 5) is 55.0. The van der Waals surface area contributed by atoms with Crippen LogP contribution in [0.2, 0.25) is 0 Å². The molecule has 0 bridgehead atoms. The second kappa shape index (κ2) is 7.54. The summed E-state index contributed by atoms with van der Waals surface area (Å²) in [5, 5.41) is 1.85. The van der Waals surface area contributed by atoms with Crippen LogP contribution in [0.5, 0.6) is 0 Å². The van der Waals surface area contributed by atoms with Crippen molar-refractivity contribution in [2.75, 3.05) is 11.9 Å². The number of rotatable bonds is 4. The van der Waals surface area contributed by atoms with Crippen molar-refractivity contribution in [1.82, 2.24) is 14.9 Å². The maximum Gasteiger partial charge on any atom is 0.300 e. The summed E-state index contributed by atoms with van der Waals surface area (Å²) < 4.78 is 12.9. The normalized spacial score (nSPS) is 15.5. The number of anilines is 1. The summed E-state index contributed by atoms with van der Waals surface area (Å²) in [5.74, 6) is -1.91. The number of benzene rings is 1. The molecule has 10 heteroatoms. The number of aromatic amines is 1. The molecule has 1 fully saturated rings.